The molecule has 0 unspecified atom stereocenters. The molecule has 0 aliphatic rings. The number of benzene rings is 2. The molecule has 0 amide bonds. The minimum atomic E-state index is -3.65. The van der Waals surface area contributed by atoms with Crippen molar-refractivity contribution in [2.24, 2.45) is 0 Å². The van der Waals surface area contributed by atoms with Gasteiger partial charge in [0.2, 0.25) is 15.9 Å². The summed E-state index contributed by atoms with van der Waals surface area (Å²) < 4.78 is 37.8. The lowest BCUT2D eigenvalue weighted by molar-refractivity contribution is 0.411. The molecule has 3 rings (SSSR count). The van der Waals surface area contributed by atoms with Crippen molar-refractivity contribution in [2.75, 3.05) is 7.11 Å². The molecule has 23 heavy (non-hydrogen) atoms. The van der Waals surface area contributed by atoms with E-state index in [1.54, 1.807) is 32.2 Å². The topological polar surface area (TPSA) is 81.4 Å². The Hall–Kier alpha value is -2.38. The van der Waals surface area contributed by atoms with Crippen LogP contribution in [0.15, 0.2) is 51.8 Å². The molecular weight excluding hydrogens is 316 g/mol. The highest BCUT2D eigenvalue weighted by Gasteiger charge is 2.16. The predicted molar refractivity (Wildman–Crippen MR) is 85.8 cm³/mol. The van der Waals surface area contributed by atoms with Gasteiger partial charge in [0.05, 0.1) is 18.6 Å². The highest BCUT2D eigenvalue weighted by molar-refractivity contribution is 7.89. The van der Waals surface area contributed by atoms with Gasteiger partial charge in [-0.3, -0.25) is 0 Å². The lowest BCUT2D eigenvalue weighted by Gasteiger charge is -2.08. The first-order valence-corrected chi connectivity index (χ1v) is 8.47. The van der Waals surface area contributed by atoms with Crippen LogP contribution in [0.25, 0.3) is 11.1 Å². The molecule has 0 saturated carbocycles. The van der Waals surface area contributed by atoms with E-state index in [0.29, 0.717) is 22.7 Å². The molecule has 0 radical (unpaired) electrons. The Morgan fingerprint density at radius 3 is 2.70 bits per heavy atom. The number of aromatic nitrogens is 1. The van der Waals surface area contributed by atoms with Crippen LogP contribution in [0.3, 0.4) is 0 Å². The number of aryl methyl sites for hydroxylation is 1. The van der Waals surface area contributed by atoms with Gasteiger partial charge in [-0.05, 0) is 42.8 Å². The van der Waals surface area contributed by atoms with E-state index in [4.69, 9.17) is 9.15 Å². The predicted octanol–water partition coefficient (Wildman–Crippen LogP) is 2.62. The van der Waals surface area contributed by atoms with Crippen molar-refractivity contribution in [3.63, 3.8) is 0 Å². The van der Waals surface area contributed by atoms with E-state index in [2.05, 4.69) is 9.71 Å². The zero-order chi connectivity index (χ0) is 16.4. The van der Waals surface area contributed by atoms with Crippen LogP contribution in [-0.4, -0.2) is 20.5 Å². The maximum atomic E-state index is 12.4. The molecule has 3 aromatic rings. The molecule has 0 aliphatic carbocycles. The van der Waals surface area contributed by atoms with Crippen LogP contribution >= 0.6 is 0 Å². The van der Waals surface area contributed by atoms with Gasteiger partial charge in [-0.25, -0.2) is 18.1 Å². The second kappa shape index (κ2) is 6.02. The van der Waals surface area contributed by atoms with Gasteiger partial charge in [-0.2, -0.15) is 0 Å². The quantitative estimate of drug-likeness (QED) is 0.777. The lowest BCUT2D eigenvalue weighted by Crippen LogP contribution is -2.23. The van der Waals surface area contributed by atoms with Gasteiger partial charge in [0.15, 0.2) is 5.58 Å². The third kappa shape index (κ3) is 3.20. The Morgan fingerprint density at radius 2 is 2.00 bits per heavy atom. The molecule has 6 nitrogen and oxygen atoms in total. The highest BCUT2D eigenvalue weighted by atomic mass is 32.2. The number of hydrogen-bond acceptors (Lipinski definition) is 5. The molecule has 0 aliphatic heterocycles. The van der Waals surface area contributed by atoms with Gasteiger partial charge in [-0.15, -0.1) is 0 Å². The van der Waals surface area contributed by atoms with Gasteiger partial charge in [-0.1, -0.05) is 12.1 Å². The number of methoxy groups -OCH3 is 1. The molecule has 2 aromatic carbocycles. The van der Waals surface area contributed by atoms with Crippen molar-refractivity contribution in [3.05, 3.63) is 53.9 Å². The van der Waals surface area contributed by atoms with E-state index in [0.717, 1.165) is 5.56 Å². The molecule has 0 fully saturated rings. The fourth-order valence-corrected chi connectivity index (χ4v) is 3.31. The number of rotatable bonds is 5. The maximum absolute atomic E-state index is 12.4. The second-order valence-electron chi connectivity index (χ2n) is 5.03. The van der Waals surface area contributed by atoms with Crippen LogP contribution in [0.1, 0.15) is 11.5 Å². The molecule has 0 saturated heterocycles. The molecule has 1 N–H and O–H groups in total. The summed E-state index contributed by atoms with van der Waals surface area (Å²) in [6, 6.07) is 12.0. The fraction of sp³-hybridized carbons (Fsp3) is 0.188. The summed E-state index contributed by atoms with van der Waals surface area (Å²) in [6.07, 6.45) is 0. The highest BCUT2D eigenvalue weighted by Crippen LogP contribution is 2.21. The molecule has 120 valence electrons. The van der Waals surface area contributed by atoms with Gasteiger partial charge >= 0.3 is 0 Å². The van der Waals surface area contributed by atoms with Gasteiger partial charge in [0.1, 0.15) is 11.3 Å². The summed E-state index contributed by atoms with van der Waals surface area (Å²) in [5, 5.41) is 0. The Bertz CT molecular complexity index is 915. The Labute approximate surface area is 134 Å². The molecule has 0 spiro atoms. The number of oxazole rings is 1. The van der Waals surface area contributed by atoms with Crippen molar-refractivity contribution >= 4 is 21.1 Å². The average molecular weight is 332 g/mol. The Morgan fingerprint density at radius 1 is 1.22 bits per heavy atom. The van der Waals surface area contributed by atoms with E-state index in [-0.39, 0.29) is 11.4 Å². The van der Waals surface area contributed by atoms with E-state index < -0.39 is 10.0 Å². The van der Waals surface area contributed by atoms with Crippen LogP contribution in [0.4, 0.5) is 0 Å². The van der Waals surface area contributed by atoms with E-state index in [9.17, 15) is 8.42 Å². The van der Waals surface area contributed by atoms with Crippen LogP contribution in [0, 0.1) is 6.92 Å². The van der Waals surface area contributed by atoms with Crippen LogP contribution in [0.2, 0.25) is 0 Å². The molecule has 0 atom stereocenters. The normalized spacial score (nSPS) is 11.7. The monoisotopic (exact) mass is 332 g/mol. The molecule has 7 heteroatoms. The number of ether oxygens (including phenoxy) is 1. The molecule has 1 heterocycles. The Balaban J connectivity index is 1.79. The van der Waals surface area contributed by atoms with E-state index >= 15 is 0 Å². The summed E-state index contributed by atoms with van der Waals surface area (Å²) in [7, 11) is -2.11. The molecule has 1 aromatic heterocycles. The standard InChI is InChI=1S/C16H16N2O4S/c1-11-9-12(7-8-14(11)21-2)23(19,20)17-10-16-18-13-5-3-4-6-15(13)22-16/h3-9,17H,10H2,1-2H3. The lowest BCUT2D eigenvalue weighted by atomic mass is 10.2. The zero-order valence-electron chi connectivity index (χ0n) is 12.7. The molecular formula is C16H16N2O4S. The number of hydrogen-bond donors (Lipinski definition) is 1. The van der Waals surface area contributed by atoms with E-state index in [1.165, 1.54) is 6.07 Å². The maximum Gasteiger partial charge on any atom is 0.241 e. The third-order valence-electron chi connectivity index (χ3n) is 3.43. The van der Waals surface area contributed by atoms with Crippen molar-refractivity contribution in [1.29, 1.82) is 0 Å². The largest absolute Gasteiger partial charge is 0.496 e. The van der Waals surface area contributed by atoms with Gasteiger partial charge < -0.3 is 9.15 Å². The van der Waals surface area contributed by atoms with Crippen LogP contribution in [0.5, 0.6) is 5.75 Å². The van der Waals surface area contributed by atoms with Crippen molar-refractivity contribution in [1.82, 2.24) is 9.71 Å². The first-order chi connectivity index (χ1) is 11.0. The minimum absolute atomic E-state index is 0.0118. The first-order valence-electron chi connectivity index (χ1n) is 6.98. The van der Waals surface area contributed by atoms with Gasteiger partial charge in [0.25, 0.3) is 0 Å². The summed E-state index contributed by atoms with van der Waals surface area (Å²) >= 11 is 0. The summed E-state index contributed by atoms with van der Waals surface area (Å²) in [5.41, 5.74) is 2.07. The number of nitrogens with zero attached hydrogens (tertiary/aromatic N) is 1. The first kappa shape index (κ1) is 15.5. The van der Waals surface area contributed by atoms with Crippen molar-refractivity contribution in [2.45, 2.75) is 18.4 Å². The van der Waals surface area contributed by atoms with Gasteiger partial charge in [0, 0.05) is 0 Å². The Kier molecular flexibility index (Phi) is 4.06. The SMILES string of the molecule is COc1ccc(S(=O)(=O)NCc2nc3ccccc3o2)cc1C. The number of nitrogens with one attached hydrogen (secondary N) is 1. The number of para-hydroxylation sites is 2. The van der Waals surface area contributed by atoms with Crippen molar-refractivity contribution in [3.8, 4) is 5.75 Å². The number of fused-ring (bicyclic) bond motifs is 1. The van der Waals surface area contributed by atoms with Crippen LogP contribution < -0.4 is 9.46 Å². The average Bonchev–Trinajstić information content (AvgIpc) is 2.96. The molecule has 0 bridgehead atoms. The smallest absolute Gasteiger partial charge is 0.241 e. The fourth-order valence-electron chi connectivity index (χ4n) is 2.25. The third-order valence-corrected chi connectivity index (χ3v) is 4.83. The van der Waals surface area contributed by atoms with E-state index in [1.807, 2.05) is 18.2 Å². The number of sulfonamides is 1. The minimum Gasteiger partial charge on any atom is -0.496 e. The summed E-state index contributed by atoms with van der Waals surface area (Å²) in [4.78, 5) is 4.41. The second-order valence-corrected chi connectivity index (χ2v) is 6.80. The van der Waals surface area contributed by atoms with Crippen LogP contribution in [-0.2, 0) is 16.6 Å². The summed E-state index contributed by atoms with van der Waals surface area (Å²) in [6.45, 7) is 1.78. The summed E-state index contributed by atoms with van der Waals surface area (Å²) in [5.74, 6) is 0.961. The van der Waals surface area contributed by atoms with Crippen molar-refractivity contribution < 1.29 is 17.6 Å². The zero-order valence-corrected chi connectivity index (χ0v) is 13.6.